The zero-order valence-electron chi connectivity index (χ0n) is 16.6. The third-order valence-corrected chi connectivity index (χ3v) is 5.03. The van der Waals surface area contributed by atoms with Crippen LogP contribution < -0.4 is 5.56 Å². The third kappa shape index (κ3) is 3.05. The van der Waals surface area contributed by atoms with Crippen LogP contribution >= 0.6 is 0 Å². The quantitative estimate of drug-likeness (QED) is 0.415. The number of benzene rings is 2. The SMILES string of the molecule is COCCn1c(=O)c2c(-c3noc(-c4ccc(F)cc4F)n3)ncn2c2cccc(F)c21. The molecule has 0 aliphatic carbocycles. The molecular formula is C21H14F3N5O3. The molecule has 0 atom stereocenters. The molecule has 0 N–H and O–H groups in total. The fraction of sp³-hybridized carbons (Fsp3) is 0.143. The number of hydrogen-bond donors (Lipinski definition) is 0. The summed E-state index contributed by atoms with van der Waals surface area (Å²) in [7, 11) is 1.47. The molecule has 0 amide bonds. The first-order valence-electron chi connectivity index (χ1n) is 9.46. The molecule has 162 valence electrons. The molecule has 8 nitrogen and oxygen atoms in total. The van der Waals surface area contributed by atoms with Gasteiger partial charge >= 0.3 is 0 Å². The Morgan fingerprint density at radius 3 is 2.72 bits per heavy atom. The van der Waals surface area contributed by atoms with E-state index in [9.17, 15) is 18.0 Å². The average molecular weight is 441 g/mol. The summed E-state index contributed by atoms with van der Waals surface area (Å²) in [6, 6.07) is 7.35. The van der Waals surface area contributed by atoms with E-state index in [1.54, 1.807) is 6.07 Å². The predicted molar refractivity (Wildman–Crippen MR) is 107 cm³/mol. The second-order valence-electron chi connectivity index (χ2n) is 6.92. The van der Waals surface area contributed by atoms with Crippen LogP contribution in [0.1, 0.15) is 0 Å². The summed E-state index contributed by atoms with van der Waals surface area (Å²) < 4.78 is 54.8. The van der Waals surface area contributed by atoms with Crippen LogP contribution in [0.4, 0.5) is 13.2 Å². The summed E-state index contributed by atoms with van der Waals surface area (Å²) in [5, 5.41) is 3.81. The molecule has 0 aliphatic heterocycles. The van der Waals surface area contributed by atoms with Crippen LogP contribution in [0.2, 0.25) is 0 Å². The number of nitrogens with zero attached hydrogens (tertiary/aromatic N) is 5. The number of aromatic nitrogens is 5. The number of ether oxygens (including phenoxy) is 1. The molecule has 0 fully saturated rings. The smallest absolute Gasteiger partial charge is 0.277 e. The molecule has 32 heavy (non-hydrogen) atoms. The highest BCUT2D eigenvalue weighted by atomic mass is 19.1. The van der Waals surface area contributed by atoms with E-state index in [-0.39, 0.29) is 47.2 Å². The minimum Gasteiger partial charge on any atom is -0.383 e. The number of halogens is 3. The lowest BCUT2D eigenvalue weighted by Crippen LogP contribution is -2.25. The van der Waals surface area contributed by atoms with Crippen molar-refractivity contribution in [2.24, 2.45) is 0 Å². The minimum atomic E-state index is -0.877. The molecule has 0 radical (unpaired) electrons. The van der Waals surface area contributed by atoms with Crippen LogP contribution in [0, 0.1) is 17.5 Å². The summed E-state index contributed by atoms with van der Waals surface area (Å²) in [5.41, 5.74) is 0.0390. The highest BCUT2D eigenvalue weighted by molar-refractivity contribution is 5.84. The van der Waals surface area contributed by atoms with Gasteiger partial charge in [-0.1, -0.05) is 11.2 Å². The van der Waals surface area contributed by atoms with E-state index in [1.165, 1.54) is 40.6 Å². The van der Waals surface area contributed by atoms with E-state index in [0.29, 0.717) is 11.6 Å². The van der Waals surface area contributed by atoms with Gasteiger partial charge in [-0.15, -0.1) is 0 Å². The second kappa shape index (κ2) is 7.61. The maximum Gasteiger partial charge on any atom is 0.277 e. The van der Waals surface area contributed by atoms with Crippen LogP contribution in [-0.2, 0) is 11.3 Å². The van der Waals surface area contributed by atoms with Gasteiger partial charge in [0.05, 0.1) is 17.7 Å². The summed E-state index contributed by atoms with van der Waals surface area (Å²) in [5.74, 6) is -2.47. The van der Waals surface area contributed by atoms with Crippen LogP contribution in [0.3, 0.4) is 0 Å². The molecular weight excluding hydrogens is 427 g/mol. The van der Waals surface area contributed by atoms with Gasteiger partial charge in [-0.3, -0.25) is 9.20 Å². The summed E-state index contributed by atoms with van der Waals surface area (Å²) in [4.78, 5) is 21.7. The minimum absolute atomic E-state index is 0.0719. The topological polar surface area (TPSA) is 87.5 Å². The van der Waals surface area contributed by atoms with Gasteiger partial charge < -0.3 is 13.8 Å². The van der Waals surface area contributed by atoms with E-state index in [2.05, 4.69) is 15.1 Å². The van der Waals surface area contributed by atoms with Crippen LogP contribution in [0.15, 0.2) is 52.0 Å². The van der Waals surface area contributed by atoms with E-state index >= 15 is 0 Å². The number of hydrogen-bond acceptors (Lipinski definition) is 6. The molecule has 2 aromatic carbocycles. The Bertz CT molecular complexity index is 1540. The van der Waals surface area contributed by atoms with Crippen molar-refractivity contribution in [3.63, 3.8) is 0 Å². The largest absolute Gasteiger partial charge is 0.383 e. The number of rotatable bonds is 5. The number of para-hydroxylation sites is 1. The van der Waals surface area contributed by atoms with E-state index < -0.39 is 23.0 Å². The van der Waals surface area contributed by atoms with Crippen molar-refractivity contribution in [3.8, 4) is 23.0 Å². The number of fused-ring (bicyclic) bond motifs is 3. The molecule has 3 aromatic heterocycles. The normalized spacial score (nSPS) is 11.6. The first-order valence-corrected chi connectivity index (χ1v) is 9.46. The maximum atomic E-state index is 14.6. The van der Waals surface area contributed by atoms with E-state index in [4.69, 9.17) is 9.26 Å². The molecule has 5 aromatic rings. The zero-order chi connectivity index (χ0) is 22.4. The van der Waals surface area contributed by atoms with Gasteiger partial charge in [0.25, 0.3) is 11.4 Å². The molecule has 0 aliphatic rings. The number of imidazole rings is 1. The van der Waals surface area contributed by atoms with Crippen molar-refractivity contribution in [2.45, 2.75) is 6.54 Å². The van der Waals surface area contributed by atoms with Gasteiger partial charge in [-0.25, -0.2) is 18.2 Å². The van der Waals surface area contributed by atoms with Gasteiger partial charge in [-0.05, 0) is 24.3 Å². The Kier molecular flexibility index (Phi) is 4.74. The van der Waals surface area contributed by atoms with Crippen molar-refractivity contribution >= 4 is 16.6 Å². The molecule has 0 saturated heterocycles. The van der Waals surface area contributed by atoms with Crippen molar-refractivity contribution in [1.29, 1.82) is 0 Å². The maximum absolute atomic E-state index is 14.6. The summed E-state index contributed by atoms with van der Waals surface area (Å²) in [6.45, 7) is 0.283. The fourth-order valence-electron chi connectivity index (χ4n) is 3.58. The second-order valence-corrected chi connectivity index (χ2v) is 6.92. The van der Waals surface area contributed by atoms with Gasteiger partial charge in [0.2, 0.25) is 5.82 Å². The number of methoxy groups -OCH3 is 1. The first-order chi connectivity index (χ1) is 15.5. The Balaban J connectivity index is 1.73. The fourth-order valence-corrected chi connectivity index (χ4v) is 3.58. The molecule has 11 heteroatoms. The monoisotopic (exact) mass is 441 g/mol. The third-order valence-electron chi connectivity index (χ3n) is 5.03. The Labute approximate surface area is 177 Å². The Hall–Kier alpha value is -3.99. The average Bonchev–Trinajstić information content (AvgIpc) is 3.41. The highest BCUT2D eigenvalue weighted by Crippen LogP contribution is 2.27. The molecule has 5 rings (SSSR count). The van der Waals surface area contributed by atoms with Crippen LogP contribution in [0.25, 0.3) is 39.5 Å². The molecule has 3 heterocycles. The van der Waals surface area contributed by atoms with Gasteiger partial charge in [0.1, 0.15) is 40.5 Å². The first kappa shape index (κ1) is 19.9. The van der Waals surface area contributed by atoms with Crippen LogP contribution in [-0.4, -0.2) is 37.8 Å². The Morgan fingerprint density at radius 2 is 1.94 bits per heavy atom. The van der Waals surface area contributed by atoms with Crippen molar-refractivity contribution in [2.75, 3.05) is 13.7 Å². The molecule has 0 saturated carbocycles. The van der Waals surface area contributed by atoms with E-state index in [1.807, 2.05) is 0 Å². The van der Waals surface area contributed by atoms with Gasteiger partial charge in [-0.2, -0.15) is 4.98 Å². The van der Waals surface area contributed by atoms with Crippen molar-refractivity contribution < 1.29 is 22.4 Å². The lowest BCUT2D eigenvalue weighted by molar-refractivity contribution is 0.187. The highest BCUT2D eigenvalue weighted by Gasteiger charge is 2.23. The summed E-state index contributed by atoms with van der Waals surface area (Å²) in [6.07, 6.45) is 1.35. The Morgan fingerprint density at radius 1 is 1.09 bits per heavy atom. The van der Waals surface area contributed by atoms with Crippen molar-refractivity contribution in [1.82, 2.24) is 24.1 Å². The lowest BCUT2D eigenvalue weighted by Gasteiger charge is -2.12. The molecule has 0 bridgehead atoms. The zero-order valence-corrected chi connectivity index (χ0v) is 16.6. The van der Waals surface area contributed by atoms with Gasteiger partial charge in [0.15, 0.2) is 0 Å². The molecule has 0 unspecified atom stereocenters. The predicted octanol–water partition coefficient (Wildman–Crippen LogP) is 3.43. The van der Waals surface area contributed by atoms with Crippen LogP contribution in [0.5, 0.6) is 0 Å². The van der Waals surface area contributed by atoms with Crippen molar-refractivity contribution in [3.05, 3.63) is 70.5 Å². The van der Waals surface area contributed by atoms with Gasteiger partial charge in [0, 0.05) is 19.7 Å². The lowest BCUT2D eigenvalue weighted by atomic mass is 10.2. The molecule has 0 spiro atoms. The summed E-state index contributed by atoms with van der Waals surface area (Å²) >= 11 is 0. The standard InChI is InChI=1S/C21H14F3N5O3/c1-31-8-7-28-17-13(23)3-2-4-15(17)29-10-25-16(18(29)21(28)30)19-26-20(32-27-19)12-6-5-11(22)9-14(12)24/h2-6,9-10H,7-8H2,1H3. The van der Waals surface area contributed by atoms with E-state index in [0.717, 1.165) is 6.07 Å².